The van der Waals surface area contributed by atoms with Crippen molar-refractivity contribution in [2.24, 2.45) is 5.10 Å². The number of nitrogens with one attached hydrogen (secondary N) is 2. The van der Waals surface area contributed by atoms with Gasteiger partial charge in [-0.25, -0.2) is 5.43 Å². The molecule has 1 amide bonds. The molecule has 1 aliphatic rings. The van der Waals surface area contributed by atoms with Crippen LogP contribution in [-0.2, 0) is 4.79 Å². The van der Waals surface area contributed by atoms with Gasteiger partial charge in [0.15, 0.2) is 11.5 Å². The zero-order chi connectivity index (χ0) is 19.1. The zero-order valence-electron chi connectivity index (χ0n) is 14.4. The molecule has 140 valence electrons. The van der Waals surface area contributed by atoms with Crippen LogP contribution in [0.3, 0.4) is 0 Å². The molecule has 1 heterocycles. The Bertz CT molecular complexity index is 870. The fraction of sp³-hybridized carbons (Fsp3) is 0.158. The lowest BCUT2D eigenvalue weighted by atomic mass is 10.2. The molecule has 2 N–H and O–H groups in total. The molecule has 0 fully saturated rings. The van der Waals surface area contributed by atoms with Gasteiger partial charge in [-0.15, -0.1) is 0 Å². The summed E-state index contributed by atoms with van der Waals surface area (Å²) in [6.45, 7) is 4.28. The summed E-state index contributed by atoms with van der Waals surface area (Å²) in [6.07, 6.45) is 3.19. The topological polar surface area (TPSA) is 81.2 Å². The average Bonchev–Trinajstić information content (AvgIpc) is 3.13. The highest BCUT2D eigenvalue weighted by Crippen LogP contribution is 2.34. The summed E-state index contributed by atoms with van der Waals surface area (Å²) < 4.78 is 17.0. The number of halogens is 1. The van der Waals surface area contributed by atoms with Crippen molar-refractivity contribution in [2.75, 3.05) is 25.3 Å². The Hall–Kier alpha value is -3.00. The lowest BCUT2D eigenvalue weighted by Gasteiger charge is -2.08. The number of hydrogen-bond donors (Lipinski definition) is 2. The molecule has 2 aromatic carbocycles. The third-order valence-corrected chi connectivity index (χ3v) is 4.04. The van der Waals surface area contributed by atoms with Crippen LogP contribution in [0, 0.1) is 0 Å². The van der Waals surface area contributed by atoms with Crippen molar-refractivity contribution in [1.29, 1.82) is 0 Å². The van der Waals surface area contributed by atoms with E-state index in [4.69, 9.17) is 14.2 Å². The van der Waals surface area contributed by atoms with Crippen molar-refractivity contribution in [3.05, 3.63) is 59.1 Å². The van der Waals surface area contributed by atoms with Crippen LogP contribution in [0.1, 0.15) is 5.56 Å². The first-order valence-electron chi connectivity index (χ1n) is 8.14. The molecule has 2 aromatic rings. The number of hydrazone groups is 1. The van der Waals surface area contributed by atoms with Gasteiger partial charge in [0, 0.05) is 21.8 Å². The van der Waals surface area contributed by atoms with Crippen molar-refractivity contribution in [3.8, 4) is 17.2 Å². The molecule has 0 unspecified atom stereocenters. The minimum atomic E-state index is -0.285. The van der Waals surface area contributed by atoms with E-state index < -0.39 is 0 Å². The predicted octanol–water partition coefficient (Wildman–Crippen LogP) is 3.30. The summed E-state index contributed by atoms with van der Waals surface area (Å²) in [4.78, 5) is 12.0. The molecule has 0 spiro atoms. The zero-order valence-corrected chi connectivity index (χ0v) is 16.0. The Labute approximate surface area is 165 Å². The van der Waals surface area contributed by atoms with Gasteiger partial charge < -0.3 is 19.5 Å². The molecule has 0 saturated carbocycles. The molecule has 1 aliphatic heterocycles. The van der Waals surface area contributed by atoms with Crippen molar-refractivity contribution in [3.63, 3.8) is 0 Å². The molecule has 0 atom stereocenters. The van der Waals surface area contributed by atoms with Crippen LogP contribution in [0.25, 0.3) is 0 Å². The smallest absolute Gasteiger partial charge is 0.259 e. The third kappa shape index (κ3) is 5.24. The summed E-state index contributed by atoms with van der Waals surface area (Å²) in [6, 6.07) is 10.9. The first-order valence-corrected chi connectivity index (χ1v) is 8.93. The number of hydrogen-bond acceptors (Lipinski definition) is 6. The number of rotatable bonds is 8. The average molecular weight is 432 g/mol. The van der Waals surface area contributed by atoms with Gasteiger partial charge in [0.2, 0.25) is 6.79 Å². The second kappa shape index (κ2) is 9.09. The molecule has 0 aromatic heterocycles. The number of nitrogens with zero attached hydrogens (tertiary/aromatic N) is 1. The van der Waals surface area contributed by atoms with Gasteiger partial charge >= 0.3 is 0 Å². The Morgan fingerprint density at radius 1 is 1.26 bits per heavy atom. The summed E-state index contributed by atoms with van der Waals surface area (Å²) >= 11 is 3.40. The van der Waals surface area contributed by atoms with E-state index in [2.05, 4.69) is 38.4 Å². The van der Waals surface area contributed by atoms with Gasteiger partial charge in [-0.1, -0.05) is 28.6 Å². The van der Waals surface area contributed by atoms with Crippen molar-refractivity contribution >= 4 is 33.7 Å². The fourth-order valence-corrected chi connectivity index (χ4v) is 2.68. The van der Waals surface area contributed by atoms with Gasteiger partial charge in [0.25, 0.3) is 5.91 Å². The minimum absolute atomic E-state index is 0.0648. The number of benzene rings is 2. The largest absolute Gasteiger partial charge is 0.489 e. The van der Waals surface area contributed by atoms with Crippen LogP contribution < -0.4 is 25.0 Å². The van der Waals surface area contributed by atoms with Crippen molar-refractivity contribution < 1.29 is 19.0 Å². The molecular formula is C19H18BrN3O4. The van der Waals surface area contributed by atoms with E-state index in [0.717, 1.165) is 15.7 Å². The SMILES string of the molecule is C=CCOc1ccc(Br)cc1/C=N\NC(=O)CNc1ccc2c(c1)OCO2. The molecule has 27 heavy (non-hydrogen) atoms. The number of fused-ring (bicyclic) bond motifs is 1. The number of carbonyl (C=O) groups is 1. The standard InChI is InChI=1S/C19H18BrN3O4/c1-2-7-25-16-5-3-14(20)8-13(16)10-22-23-19(24)11-21-15-4-6-17-18(9-15)27-12-26-17/h2-6,8-10,21H,1,7,11-12H2,(H,23,24)/b22-10-. The van der Waals surface area contributed by atoms with E-state index in [9.17, 15) is 4.79 Å². The number of carbonyl (C=O) groups excluding carboxylic acids is 1. The highest BCUT2D eigenvalue weighted by Gasteiger charge is 2.13. The molecular weight excluding hydrogens is 414 g/mol. The van der Waals surface area contributed by atoms with E-state index in [-0.39, 0.29) is 19.2 Å². The van der Waals surface area contributed by atoms with Gasteiger partial charge in [-0.3, -0.25) is 4.79 Å². The quantitative estimate of drug-likeness (QED) is 0.380. The van der Waals surface area contributed by atoms with E-state index >= 15 is 0 Å². The number of anilines is 1. The van der Waals surface area contributed by atoms with E-state index in [1.54, 1.807) is 18.2 Å². The van der Waals surface area contributed by atoms with Crippen LogP contribution in [0.5, 0.6) is 17.2 Å². The monoisotopic (exact) mass is 431 g/mol. The molecule has 0 saturated heterocycles. The third-order valence-electron chi connectivity index (χ3n) is 3.55. The fourth-order valence-electron chi connectivity index (χ4n) is 2.30. The highest BCUT2D eigenvalue weighted by molar-refractivity contribution is 9.10. The minimum Gasteiger partial charge on any atom is -0.489 e. The second-order valence-electron chi connectivity index (χ2n) is 5.50. The van der Waals surface area contributed by atoms with E-state index in [0.29, 0.717) is 23.9 Å². The molecule has 0 aliphatic carbocycles. The molecule has 8 heteroatoms. The Morgan fingerprint density at radius 2 is 2.11 bits per heavy atom. The normalized spacial score (nSPS) is 12.0. The van der Waals surface area contributed by atoms with E-state index in [1.807, 2.05) is 24.3 Å². The van der Waals surface area contributed by atoms with Crippen LogP contribution in [0.4, 0.5) is 5.69 Å². The van der Waals surface area contributed by atoms with Crippen molar-refractivity contribution in [1.82, 2.24) is 5.43 Å². The first-order chi connectivity index (χ1) is 13.2. The van der Waals surface area contributed by atoms with E-state index in [1.165, 1.54) is 6.21 Å². The number of ether oxygens (including phenoxy) is 3. The first kappa shape index (κ1) is 18.8. The van der Waals surface area contributed by atoms with Crippen LogP contribution in [-0.4, -0.2) is 32.1 Å². The van der Waals surface area contributed by atoms with Gasteiger partial charge in [0.1, 0.15) is 12.4 Å². The van der Waals surface area contributed by atoms with Gasteiger partial charge in [-0.2, -0.15) is 5.10 Å². The van der Waals surface area contributed by atoms with Crippen molar-refractivity contribution in [2.45, 2.75) is 0 Å². The van der Waals surface area contributed by atoms with Crippen LogP contribution in [0.15, 0.2) is 58.6 Å². The summed E-state index contributed by atoms with van der Waals surface area (Å²) in [5.74, 6) is 1.71. The maximum atomic E-state index is 12.0. The Morgan fingerprint density at radius 3 is 2.96 bits per heavy atom. The lowest BCUT2D eigenvalue weighted by molar-refractivity contribution is -0.119. The number of amides is 1. The maximum absolute atomic E-state index is 12.0. The molecule has 0 radical (unpaired) electrons. The predicted molar refractivity (Wildman–Crippen MR) is 107 cm³/mol. The lowest BCUT2D eigenvalue weighted by Crippen LogP contribution is -2.25. The molecule has 3 rings (SSSR count). The summed E-state index contributed by atoms with van der Waals surface area (Å²) in [7, 11) is 0. The summed E-state index contributed by atoms with van der Waals surface area (Å²) in [5, 5.41) is 6.99. The Kier molecular flexibility index (Phi) is 6.32. The molecule has 0 bridgehead atoms. The maximum Gasteiger partial charge on any atom is 0.259 e. The highest BCUT2D eigenvalue weighted by atomic mass is 79.9. The van der Waals surface area contributed by atoms with Crippen LogP contribution in [0.2, 0.25) is 0 Å². The van der Waals surface area contributed by atoms with Gasteiger partial charge in [0.05, 0.1) is 12.8 Å². The van der Waals surface area contributed by atoms with Gasteiger partial charge in [-0.05, 0) is 30.3 Å². The second-order valence-corrected chi connectivity index (χ2v) is 6.41. The van der Waals surface area contributed by atoms with Crippen LogP contribution >= 0.6 is 15.9 Å². The molecule has 7 nitrogen and oxygen atoms in total. The summed E-state index contributed by atoms with van der Waals surface area (Å²) in [5.41, 5.74) is 3.96. The Balaban J connectivity index is 1.53.